The highest BCUT2D eigenvalue weighted by atomic mass is 16.2. The molecule has 2 heterocycles. The van der Waals surface area contributed by atoms with Crippen LogP contribution in [0.2, 0.25) is 0 Å². The van der Waals surface area contributed by atoms with Crippen molar-refractivity contribution in [2.75, 3.05) is 6.54 Å². The Morgan fingerprint density at radius 3 is 2.89 bits per heavy atom. The second-order valence-electron chi connectivity index (χ2n) is 3.91. The van der Waals surface area contributed by atoms with Gasteiger partial charge in [0.05, 0.1) is 0 Å². The molecule has 0 bridgehead atoms. The van der Waals surface area contributed by atoms with Crippen molar-refractivity contribution < 1.29 is 9.59 Å². The Labute approximate surface area is 105 Å². The normalized spacial score (nSPS) is 17.4. The lowest BCUT2D eigenvalue weighted by Crippen LogP contribution is -2.30. The predicted molar refractivity (Wildman–Crippen MR) is 68.5 cm³/mol. The average molecular weight is 245 g/mol. The molecule has 0 atom stereocenters. The van der Waals surface area contributed by atoms with Gasteiger partial charge in [-0.3, -0.25) is 9.69 Å². The van der Waals surface area contributed by atoms with Crippen LogP contribution in [0.4, 0.5) is 4.79 Å². The fraction of sp³-hybridized carbons (Fsp3) is 0.231. The maximum absolute atomic E-state index is 11.9. The van der Waals surface area contributed by atoms with Crippen LogP contribution in [0.15, 0.2) is 36.7 Å². The van der Waals surface area contributed by atoms with Gasteiger partial charge in [-0.25, -0.2) is 4.79 Å². The topological polar surface area (TPSA) is 54.3 Å². The molecule has 2 rings (SSSR count). The summed E-state index contributed by atoms with van der Waals surface area (Å²) in [4.78, 5) is 24.6. The summed E-state index contributed by atoms with van der Waals surface area (Å²) in [5, 5.41) is 2.57. The number of nitrogens with one attached hydrogen (secondary N) is 1. The third-order valence-electron chi connectivity index (χ3n) is 2.77. The molecule has 1 fully saturated rings. The largest absolute Gasteiger partial charge is 0.348 e. The smallest absolute Gasteiger partial charge is 0.329 e. The number of hydrogen-bond donors (Lipinski definition) is 1. The molecule has 1 aliphatic rings. The summed E-state index contributed by atoms with van der Waals surface area (Å²) >= 11 is 0. The summed E-state index contributed by atoms with van der Waals surface area (Å²) in [6.07, 6.45) is 5.14. The molecular weight excluding hydrogens is 230 g/mol. The first-order valence-corrected chi connectivity index (χ1v) is 5.78. The highest BCUT2D eigenvalue weighted by Crippen LogP contribution is 2.14. The Bertz CT molecular complexity index is 528. The molecule has 1 aromatic heterocycles. The maximum Gasteiger partial charge on any atom is 0.329 e. The lowest BCUT2D eigenvalue weighted by molar-refractivity contribution is -0.122. The summed E-state index contributed by atoms with van der Waals surface area (Å²) in [5.74, 6) is -0.316. The van der Waals surface area contributed by atoms with E-state index in [1.807, 2.05) is 29.8 Å². The summed E-state index contributed by atoms with van der Waals surface area (Å²) in [7, 11) is 0. The second-order valence-corrected chi connectivity index (χ2v) is 3.91. The number of carbonyl (C=O) groups excluding carboxylic acids is 2. The maximum atomic E-state index is 11.9. The molecular formula is C13H15N3O2. The van der Waals surface area contributed by atoms with Crippen LogP contribution in [0.3, 0.4) is 0 Å². The van der Waals surface area contributed by atoms with Gasteiger partial charge < -0.3 is 9.88 Å². The zero-order valence-electron chi connectivity index (χ0n) is 10.2. The number of imide groups is 1. The monoisotopic (exact) mass is 245 g/mol. The van der Waals surface area contributed by atoms with E-state index in [0.29, 0.717) is 5.70 Å². The first-order chi connectivity index (χ1) is 8.67. The quantitative estimate of drug-likeness (QED) is 0.497. The molecule has 1 N–H and O–H groups in total. The van der Waals surface area contributed by atoms with Gasteiger partial charge in [0.15, 0.2) is 0 Å². The first kappa shape index (κ1) is 12.2. The van der Waals surface area contributed by atoms with E-state index in [9.17, 15) is 9.59 Å². The predicted octanol–water partition coefficient (Wildman–Crippen LogP) is 1.59. The summed E-state index contributed by atoms with van der Waals surface area (Å²) in [6, 6.07) is 3.39. The number of aryl methyl sites for hydroxylation is 1. The van der Waals surface area contributed by atoms with E-state index in [1.165, 1.54) is 6.08 Å². The molecule has 94 valence electrons. The molecule has 1 aromatic rings. The number of hydrogen-bond acceptors (Lipinski definition) is 2. The van der Waals surface area contributed by atoms with Gasteiger partial charge in [-0.2, -0.15) is 0 Å². The third kappa shape index (κ3) is 2.07. The van der Waals surface area contributed by atoms with Gasteiger partial charge in [0.1, 0.15) is 5.70 Å². The van der Waals surface area contributed by atoms with E-state index in [4.69, 9.17) is 0 Å². The van der Waals surface area contributed by atoms with Crippen molar-refractivity contribution in [3.8, 4) is 0 Å². The number of rotatable bonds is 4. The zero-order chi connectivity index (χ0) is 13.1. The minimum absolute atomic E-state index is 0.219. The van der Waals surface area contributed by atoms with Crippen molar-refractivity contribution in [2.45, 2.75) is 13.5 Å². The molecule has 0 radical (unpaired) electrons. The van der Waals surface area contributed by atoms with E-state index >= 15 is 0 Å². The van der Waals surface area contributed by atoms with Gasteiger partial charge in [0.25, 0.3) is 5.91 Å². The lowest BCUT2D eigenvalue weighted by atomic mass is 10.3. The number of urea groups is 1. The van der Waals surface area contributed by atoms with Crippen LogP contribution in [-0.4, -0.2) is 28.0 Å². The van der Waals surface area contributed by atoms with Crippen molar-refractivity contribution in [3.63, 3.8) is 0 Å². The highest BCUT2D eigenvalue weighted by molar-refractivity contribution is 6.13. The van der Waals surface area contributed by atoms with Gasteiger partial charge in [-0.15, -0.1) is 6.58 Å². The third-order valence-corrected chi connectivity index (χ3v) is 2.77. The molecule has 5 nitrogen and oxygen atoms in total. The molecule has 0 spiro atoms. The van der Waals surface area contributed by atoms with Crippen molar-refractivity contribution in [3.05, 3.63) is 42.4 Å². The molecule has 18 heavy (non-hydrogen) atoms. The number of aromatic nitrogens is 1. The van der Waals surface area contributed by atoms with E-state index in [-0.39, 0.29) is 12.5 Å². The van der Waals surface area contributed by atoms with E-state index in [0.717, 1.165) is 17.1 Å². The molecule has 3 amide bonds. The second kappa shape index (κ2) is 4.91. The molecule has 0 saturated carbocycles. The minimum atomic E-state index is -0.402. The molecule has 0 unspecified atom stereocenters. The van der Waals surface area contributed by atoms with Gasteiger partial charge >= 0.3 is 6.03 Å². The van der Waals surface area contributed by atoms with Gasteiger partial charge in [0, 0.05) is 25.0 Å². The van der Waals surface area contributed by atoms with Crippen LogP contribution in [0.25, 0.3) is 6.08 Å². The Balaban J connectivity index is 2.27. The summed E-state index contributed by atoms with van der Waals surface area (Å²) < 4.78 is 1.99. The fourth-order valence-corrected chi connectivity index (χ4v) is 1.86. The summed E-state index contributed by atoms with van der Waals surface area (Å²) in [5.41, 5.74) is 1.19. The fourth-order valence-electron chi connectivity index (χ4n) is 1.86. The molecule has 1 aliphatic heterocycles. The Morgan fingerprint density at radius 1 is 1.44 bits per heavy atom. The number of carbonyl (C=O) groups is 2. The standard InChI is InChI=1S/C13H15N3O2/c1-3-7-16-12(17)11(14-13(16)18)9-10-6-5-8-15(10)4-2/h3,5-6,8-9H,1,4,7H2,2H3,(H,14,18)/b11-9+. The Hall–Kier alpha value is -2.30. The van der Waals surface area contributed by atoms with Crippen LogP contribution < -0.4 is 5.32 Å². The minimum Gasteiger partial charge on any atom is -0.348 e. The van der Waals surface area contributed by atoms with Crippen molar-refractivity contribution in [1.82, 2.24) is 14.8 Å². The van der Waals surface area contributed by atoms with Crippen LogP contribution >= 0.6 is 0 Å². The van der Waals surface area contributed by atoms with Crippen molar-refractivity contribution in [2.24, 2.45) is 0 Å². The van der Waals surface area contributed by atoms with Crippen LogP contribution in [-0.2, 0) is 11.3 Å². The lowest BCUT2D eigenvalue weighted by Gasteiger charge is -2.07. The first-order valence-electron chi connectivity index (χ1n) is 5.78. The van der Waals surface area contributed by atoms with Crippen LogP contribution in [0, 0.1) is 0 Å². The highest BCUT2D eigenvalue weighted by Gasteiger charge is 2.32. The molecule has 5 heteroatoms. The van der Waals surface area contributed by atoms with Crippen molar-refractivity contribution in [1.29, 1.82) is 0 Å². The van der Waals surface area contributed by atoms with Gasteiger partial charge in [-0.05, 0) is 25.1 Å². The zero-order valence-corrected chi connectivity index (χ0v) is 10.2. The van der Waals surface area contributed by atoms with E-state index in [1.54, 1.807) is 6.08 Å². The van der Waals surface area contributed by atoms with E-state index in [2.05, 4.69) is 11.9 Å². The number of amides is 3. The Kier molecular flexibility index (Phi) is 3.32. The molecule has 1 saturated heterocycles. The van der Waals surface area contributed by atoms with E-state index < -0.39 is 6.03 Å². The average Bonchev–Trinajstić information content (AvgIpc) is 2.90. The summed E-state index contributed by atoms with van der Waals surface area (Å²) in [6.45, 7) is 6.57. The number of nitrogens with zero attached hydrogens (tertiary/aromatic N) is 2. The van der Waals surface area contributed by atoms with Gasteiger partial charge in [-0.1, -0.05) is 6.08 Å². The SMILES string of the molecule is C=CCN1C(=O)N/C(=C/c2cccn2CC)C1=O. The van der Waals surface area contributed by atoms with Crippen molar-refractivity contribution >= 4 is 18.0 Å². The molecule has 0 aliphatic carbocycles. The van der Waals surface area contributed by atoms with Crippen LogP contribution in [0.5, 0.6) is 0 Å². The Morgan fingerprint density at radius 2 is 2.22 bits per heavy atom. The molecule has 0 aromatic carbocycles. The van der Waals surface area contributed by atoms with Gasteiger partial charge in [0.2, 0.25) is 0 Å². The van der Waals surface area contributed by atoms with Crippen LogP contribution in [0.1, 0.15) is 12.6 Å².